The molecule has 2 aromatic rings. The third-order valence-electron chi connectivity index (χ3n) is 3.83. The van der Waals surface area contributed by atoms with Gasteiger partial charge in [0.15, 0.2) is 5.78 Å². The number of fused-ring (bicyclic) bond motifs is 1. The zero-order chi connectivity index (χ0) is 16.7. The molecule has 0 saturated heterocycles. The van der Waals surface area contributed by atoms with Crippen LogP contribution in [0.4, 0.5) is 0 Å². The fourth-order valence-electron chi connectivity index (χ4n) is 2.45. The summed E-state index contributed by atoms with van der Waals surface area (Å²) in [4.78, 5) is 11.9. The van der Waals surface area contributed by atoms with Gasteiger partial charge < -0.3 is 9.47 Å². The molecule has 2 rings (SSSR count). The van der Waals surface area contributed by atoms with Crippen LogP contribution in [0.5, 0.6) is 11.5 Å². The lowest BCUT2D eigenvalue weighted by Gasteiger charge is -2.14. The topological polar surface area (TPSA) is 35.5 Å². The second-order valence-electron chi connectivity index (χ2n) is 5.79. The van der Waals surface area contributed by atoms with Crippen molar-refractivity contribution in [3.63, 3.8) is 0 Å². The number of carbonyl (C=O) groups excluding carboxylic acids is 1. The van der Waals surface area contributed by atoms with Crippen molar-refractivity contribution in [1.29, 1.82) is 0 Å². The first-order valence-corrected chi connectivity index (χ1v) is 8.50. The summed E-state index contributed by atoms with van der Waals surface area (Å²) in [6.07, 6.45) is 4.17. The largest absolute Gasteiger partial charge is 0.494 e. The summed E-state index contributed by atoms with van der Waals surface area (Å²) in [6, 6.07) is 9.80. The third kappa shape index (κ3) is 4.47. The summed E-state index contributed by atoms with van der Waals surface area (Å²) in [5, 5.41) is 2.01. The van der Waals surface area contributed by atoms with Crippen LogP contribution in [-0.2, 0) is 0 Å². The number of carbonyl (C=O) groups is 1. The Balaban J connectivity index is 2.39. The highest BCUT2D eigenvalue weighted by atomic mass is 16.5. The van der Waals surface area contributed by atoms with Crippen molar-refractivity contribution in [2.45, 2.75) is 46.5 Å². The molecule has 0 N–H and O–H groups in total. The van der Waals surface area contributed by atoms with Crippen LogP contribution < -0.4 is 9.47 Å². The van der Waals surface area contributed by atoms with Crippen LogP contribution in [0.3, 0.4) is 0 Å². The second kappa shape index (κ2) is 8.56. The van der Waals surface area contributed by atoms with E-state index in [0.29, 0.717) is 24.5 Å². The van der Waals surface area contributed by atoms with Gasteiger partial charge in [0.05, 0.1) is 18.8 Å². The Labute approximate surface area is 138 Å². The molecule has 0 aliphatic rings. The predicted octanol–water partition coefficient (Wildman–Crippen LogP) is 5.40. The van der Waals surface area contributed by atoms with Crippen molar-refractivity contribution < 1.29 is 14.3 Å². The minimum Gasteiger partial charge on any atom is -0.494 e. The highest BCUT2D eigenvalue weighted by molar-refractivity contribution is 6.04. The highest BCUT2D eigenvalue weighted by Gasteiger charge is 2.13. The lowest BCUT2D eigenvalue weighted by molar-refractivity contribution is 0.101. The predicted molar refractivity (Wildman–Crippen MR) is 94.8 cm³/mol. The molecular weight excluding hydrogens is 288 g/mol. The normalized spacial score (nSPS) is 10.7. The molecule has 0 aliphatic carbocycles. The SMILES string of the molecule is CCCCOc1ccc2ccc(C(C)=O)c(OCCCC)c2c1. The van der Waals surface area contributed by atoms with Gasteiger partial charge >= 0.3 is 0 Å². The molecule has 0 fully saturated rings. The van der Waals surface area contributed by atoms with E-state index >= 15 is 0 Å². The van der Waals surface area contributed by atoms with Gasteiger partial charge in [-0.05, 0) is 43.4 Å². The fraction of sp³-hybridized carbons (Fsp3) is 0.450. The summed E-state index contributed by atoms with van der Waals surface area (Å²) in [5.41, 5.74) is 0.638. The lowest BCUT2D eigenvalue weighted by atomic mass is 10.0. The van der Waals surface area contributed by atoms with E-state index in [1.54, 1.807) is 6.92 Å². The van der Waals surface area contributed by atoms with Gasteiger partial charge in [0.2, 0.25) is 0 Å². The van der Waals surface area contributed by atoms with E-state index < -0.39 is 0 Å². The van der Waals surface area contributed by atoms with Gasteiger partial charge in [0.25, 0.3) is 0 Å². The van der Waals surface area contributed by atoms with Crippen molar-refractivity contribution >= 4 is 16.6 Å². The molecule has 0 atom stereocenters. The van der Waals surface area contributed by atoms with E-state index in [9.17, 15) is 4.79 Å². The standard InChI is InChI=1S/C20H26O3/c1-4-6-12-22-17-10-8-16-9-11-18(15(3)21)20(19(16)14-17)23-13-7-5-2/h8-11,14H,4-7,12-13H2,1-3H3. The molecule has 0 spiro atoms. The molecule has 0 radical (unpaired) electrons. The van der Waals surface area contributed by atoms with Gasteiger partial charge in [-0.3, -0.25) is 4.79 Å². The Morgan fingerprint density at radius 3 is 2.26 bits per heavy atom. The van der Waals surface area contributed by atoms with Crippen LogP contribution in [0.2, 0.25) is 0 Å². The maximum absolute atomic E-state index is 11.9. The molecule has 0 aromatic heterocycles. The van der Waals surface area contributed by atoms with Gasteiger partial charge in [0, 0.05) is 5.39 Å². The molecule has 0 saturated carbocycles. The molecule has 3 heteroatoms. The van der Waals surface area contributed by atoms with E-state index in [-0.39, 0.29) is 5.78 Å². The number of ketones is 1. The monoisotopic (exact) mass is 314 g/mol. The molecule has 0 aliphatic heterocycles. The number of hydrogen-bond acceptors (Lipinski definition) is 3. The van der Waals surface area contributed by atoms with E-state index in [1.807, 2.05) is 30.3 Å². The van der Waals surface area contributed by atoms with Crippen LogP contribution in [0, 0.1) is 0 Å². The van der Waals surface area contributed by atoms with E-state index in [2.05, 4.69) is 13.8 Å². The van der Waals surface area contributed by atoms with Crippen molar-refractivity contribution in [3.05, 3.63) is 35.9 Å². The first-order chi connectivity index (χ1) is 11.2. The van der Waals surface area contributed by atoms with Gasteiger partial charge in [-0.15, -0.1) is 0 Å². The van der Waals surface area contributed by atoms with E-state index in [0.717, 1.165) is 42.2 Å². The summed E-state index contributed by atoms with van der Waals surface area (Å²) >= 11 is 0. The zero-order valence-corrected chi connectivity index (χ0v) is 14.4. The molecule has 0 amide bonds. The molecule has 23 heavy (non-hydrogen) atoms. The number of ether oxygens (including phenoxy) is 2. The zero-order valence-electron chi connectivity index (χ0n) is 14.4. The summed E-state index contributed by atoms with van der Waals surface area (Å²) in [7, 11) is 0. The average Bonchev–Trinajstić information content (AvgIpc) is 2.55. The third-order valence-corrected chi connectivity index (χ3v) is 3.83. The number of benzene rings is 2. The minimum atomic E-state index is 0.0238. The number of hydrogen-bond donors (Lipinski definition) is 0. The van der Waals surface area contributed by atoms with Gasteiger partial charge in [0.1, 0.15) is 11.5 Å². The van der Waals surface area contributed by atoms with Crippen LogP contribution in [0.1, 0.15) is 56.8 Å². The Hall–Kier alpha value is -2.03. The minimum absolute atomic E-state index is 0.0238. The summed E-state index contributed by atoms with van der Waals surface area (Å²) in [5.74, 6) is 1.53. The maximum Gasteiger partial charge on any atom is 0.163 e. The molecule has 124 valence electrons. The first-order valence-electron chi connectivity index (χ1n) is 8.50. The Morgan fingerprint density at radius 2 is 1.61 bits per heavy atom. The molecule has 2 aromatic carbocycles. The van der Waals surface area contributed by atoms with Crippen molar-refractivity contribution in [1.82, 2.24) is 0 Å². The van der Waals surface area contributed by atoms with Gasteiger partial charge in [-0.2, -0.15) is 0 Å². The van der Waals surface area contributed by atoms with Crippen LogP contribution >= 0.6 is 0 Å². The average molecular weight is 314 g/mol. The van der Waals surface area contributed by atoms with Crippen molar-refractivity contribution in [2.24, 2.45) is 0 Å². The van der Waals surface area contributed by atoms with Gasteiger partial charge in [-0.25, -0.2) is 0 Å². The Morgan fingerprint density at radius 1 is 0.957 bits per heavy atom. The van der Waals surface area contributed by atoms with E-state index in [4.69, 9.17) is 9.47 Å². The smallest absolute Gasteiger partial charge is 0.163 e. The molecule has 0 bridgehead atoms. The first kappa shape index (κ1) is 17.3. The second-order valence-corrected chi connectivity index (χ2v) is 5.79. The Kier molecular flexibility index (Phi) is 6.45. The lowest BCUT2D eigenvalue weighted by Crippen LogP contribution is -2.04. The fourth-order valence-corrected chi connectivity index (χ4v) is 2.45. The number of Topliss-reactive ketones (excluding diaryl/α,β-unsaturated/α-hetero) is 1. The van der Waals surface area contributed by atoms with Gasteiger partial charge in [-0.1, -0.05) is 38.8 Å². The number of rotatable bonds is 9. The maximum atomic E-state index is 11.9. The van der Waals surface area contributed by atoms with Crippen molar-refractivity contribution in [2.75, 3.05) is 13.2 Å². The molecule has 0 heterocycles. The van der Waals surface area contributed by atoms with Crippen LogP contribution in [0.15, 0.2) is 30.3 Å². The molecular formula is C20H26O3. The number of unbranched alkanes of at least 4 members (excludes halogenated alkanes) is 2. The summed E-state index contributed by atoms with van der Waals surface area (Å²) < 4.78 is 11.8. The summed E-state index contributed by atoms with van der Waals surface area (Å²) in [6.45, 7) is 7.17. The quantitative estimate of drug-likeness (QED) is 0.459. The van der Waals surface area contributed by atoms with Crippen LogP contribution in [-0.4, -0.2) is 19.0 Å². The molecule has 0 unspecified atom stereocenters. The van der Waals surface area contributed by atoms with E-state index in [1.165, 1.54) is 0 Å². The highest BCUT2D eigenvalue weighted by Crippen LogP contribution is 2.33. The Bertz CT molecular complexity index is 661. The molecule has 3 nitrogen and oxygen atoms in total. The van der Waals surface area contributed by atoms with Crippen molar-refractivity contribution in [3.8, 4) is 11.5 Å². The van der Waals surface area contributed by atoms with Crippen LogP contribution in [0.25, 0.3) is 10.8 Å².